The van der Waals surface area contributed by atoms with E-state index in [1.807, 2.05) is 36.5 Å². The molecule has 5 aromatic rings. The van der Waals surface area contributed by atoms with Crippen molar-refractivity contribution in [1.82, 2.24) is 30.0 Å². The Bertz CT molecular complexity index is 1610. The van der Waals surface area contributed by atoms with Crippen LogP contribution < -0.4 is 15.4 Å². The van der Waals surface area contributed by atoms with Crippen LogP contribution in [0.15, 0.2) is 66.9 Å². The zero-order valence-corrected chi connectivity index (χ0v) is 23.9. The number of H-pyrrole nitrogens is 1. The zero-order valence-electron chi connectivity index (χ0n) is 23.9. The number of aromatic nitrogens is 4. The van der Waals surface area contributed by atoms with Gasteiger partial charge in [-0.3, -0.25) is 10.00 Å². The van der Waals surface area contributed by atoms with E-state index in [4.69, 9.17) is 14.7 Å². The van der Waals surface area contributed by atoms with E-state index in [1.165, 1.54) is 0 Å². The lowest BCUT2D eigenvalue weighted by Gasteiger charge is -2.32. The van der Waals surface area contributed by atoms with Crippen LogP contribution in [0.2, 0.25) is 0 Å². The molecule has 6 rings (SSSR count). The van der Waals surface area contributed by atoms with Crippen LogP contribution in [0.4, 0.5) is 17.2 Å². The largest absolute Gasteiger partial charge is 0.492 e. The third-order valence-electron chi connectivity index (χ3n) is 7.62. The summed E-state index contributed by atoms with van der Waals surface area (Å²) in [6.45, 7) is 9.08. The number of nitrogens with zero attached hydrogens (tertiary/aromatic N) is 5. The molecule has 3 heterocycles. The van der Waals surface area contributed by atoms with Gasteiger partial charge in [0.15, 0.2) is 5.82 Å². The van der Waals surface area contributed by atoms with Gasteiger partial charge in [0.05, 0.1) is 17.2 Å². The van der Waals surface area contributed by atoms with E-state index in [0.717, 1.165) is 102 Å². The molecule has 0 aliphatic carbocycles. The highest BCUT2D eigenvalue weighted by molar-refractivity contribution is 5.94. The molecule has 0 radical (unpaired) electrons. The third kappa shape index (κ3) is 6.58. The van der Waals surface area contributed by atoms with Gasteiger partial charge in [-0.1, -0.05) is 25.5 Å². The fourth-order valence-electron chi connectivity index (χ4n) is 5.12. The van der Waals surface area contributed by atoms with Gasteiger partial charge in [-0.2, -0.15) is 5.10 Å². The SMILES string of the molecule is CCCCNc1cccc(-c2nc(Nc3ccc4[nH]ncc4c3)c3cc(OCCN4CCN(C)CC4)ccc3n2)c1. The molecule has 2 aromatic heterocycles. The molecule has 9 nitrogen and oxygen atoms in total. The Morgan fingerprint density at radius 1 is 0.951 bits per heavy atom. The van der Waals surface area contributed by atoms with Crippen molar-refractivity contribution in [3.8, 4) is 17.1 Å². The van der Waals surface area contributed by atoms with Crippen molar-refractivity contribution in [2.24, 2.45) is 0 Å². The number of anilines is 3. The van der Waals surface area contributed by atoms with Crippen molar-refractivity contribution in [3.05, 3.63) is 66.9 Å². The summed E-state index contributed by atoms with van der Waals surface area (Å²) in [6, 6.07) is 20.5. The molecule has 9 heteroatoms. The van der Waals surface area contributed by atoms with Crippen LogP contribution in [0.5, 0.6) is 5.75 Å². The Balaban J connectivity index is 1.29. The summed E-state index contributed by atoms with van der Waals surface area (Å²) < 4.78 is 6.21. The summed E-state index contributed by atoms with van der Waals surface area (Å²) in [5.74, 6) is 2.23. The summed E-state index contributed by atoms with van der Waals surface area (Å²) in [7, 11) is 2.18. The maximum absolute atomic E-state index is 6.21. The highest BCUT2D eigenvalue weighted by Gasteiger charge is 2.15. The number of fused-ring (bicyclic) bond motifs is 2. The second-order valence-corrected chi connectivity index (χ2v) is 10.7. The molecule has 41 heavy (non-hydrogen) atoms. The minimum absolute atomic E-state index is 0.645. The van der Waals surface area contributed by atoms with E-state index < -0.39 is 0 Å². The van der Waals surface area contributed by atoms with Gasteiger partial charge in [-0.15, -0.1) is 0 Å². The van der Waals surface area contributed by atoms with Crippen molar-refractivity contribution in [3.63, 3.8) is 0 Å². The van der Waals surface area contributed by atoms with Gasteiger partial charge in [-0.05, 0) is 62.0 Å². The highest BCUT2D eigenvalue weighted by Crippen LogP contribution is 2.31. The average molecular weight is 551 g/mol. The van der Waals surface area contributed by atoms with Crippen LogP contribution in [0.3, 0.4) is 0 Å². The molecule has 1 aliphatic rings. The van der Waals surface area contributed by atoms with Gasteiger partial charge in [0.1, 0.15) is 18.2 Å². The third-order valence-corrected chi connectivity index (χ3v) is 7.62. The van der Waals surface area contributed by atoms with E-state index >= 15 is 0 Å². The van der Waals surface area contributed by atoms with E-state index in [-0.39, 0.29) is 0 Å². The van der Waals surface area contributed by atoms with Crippen molar-refractivity contribution in [2.75, 3.05) is 63.6 Å². The lowest BCUT2D eigenvalue weighted by molar-refractivity contribution is 0.134. The summed E-state index contributed by atoms with van der Waals surface area (Å²) in [5, 5.41) is 16.2. The molecule has 0 bridgehead atoms. The smallest absolute Gasteiger partial charge is 0.162 e. The van der Waals surface area contributed by atoms with Gasteiger partial charge in [0, 0.05) is 67.0 Å². The van der Waals surface area contributed by atoms with E-state index in [1.54, 1.807) is 0 Å². The minimum atomic E-state index is 0.645. The second kappa shape index (κ2) is 12.5. The van der Waals surface area contributed by atoms with Crippen LogP contribution in [0.25, 0.3) is 33.2 Å². The van der Waals surface area contributed by atoms with Gasteiger partial charge in [-0.25, -0.2) is 9.97 Å². The van der Waals surface area contributed by atoms with Crippen molar-refractivity contribution in [2.45, 2.75) is 19.8 Å². The molecule has 3 aromatic carbocycles. The molecule has 0 amide bonds. The Morgan fingerprint density at radius 3 is 2.73 bits per heavy atom. The standard InChI is InChI=1S/C32H38N8O/c1-3-4-12-33-25-7-5-6-23(19-25)31-36-30-11-9-27(41-18-17-40-15-13-39(2)14-16-40)21-28(30)32(37-31)35-26-8-10-29-24(20-26)22-34-38-29/h5-11,19-22,33H,3-4,12-18H2,1-2H3,(H,34,38)(H,35,36,37). The lowest BCUT2D eigenvalue weighted by atomic mass is 10.1. The molecule has 3 N–H and O–H groups in total. The topological polar surface area (TPSA) is 94.2 Å². The fraction of sp³-hybridized carbons (Fsp3) is 0.344. The van der Waals surface area contributed by atoms with E-state index in [0.29, 0.717) is 12.4 Å². The van der Waals surface area contributed by atoms with Gasteiger partial charge < -0.3 is 20.3 Å². The molecule has 212 valence electrons. The molecular formula is C32H38N8O. The summed E-state index contributed by atoms with van der Waals surface area (Å²) >= 11 is 0. The Kier molecular flexibility index (Phi) is 8.25. The Morgan fingerprint density at radius 2 is 1.85 bits per heavy atom. The predicted octanol–water partition coefficient (Wildman–Crippen LogP) is 5.75. The van der Waals surface area contributed by atoms with E-state index in [9.17, 15) is 0 Å². The number of aromatic amines is 1. The van der Waals surface area contributed by atoms with Gasteiger partial charge >= 0.3 is 0 Å². The first-order valence-electron chi connectivity index (χ1n) is 14.5. The fourth-order valence-corrected chi connectivity index (χ4v) is 5.12. The van der Waals surface area contributed by atoms with Crippen LogP contribution in [0.1, 0.15) is 19.8 Å². The molecule has 0 spiro atoms. The second-order valence-electron chi connectivity index (χ2n) is 10.7. The van der Waals surface area contributed by atoms with Crippen molar-refractivity contribution >= 4 is 39.0 Å². The van der Waals surface area contributed by atoms with Gasteiger partial charge in [0.25, 0.3) is 0 Å². The van der Waals surface area contributed by atoms with Crippen molar-refractivity contribution < 1.29 is 4.74 Å². The highest BCUT2D eigenvalue weighted by atomic mass is 16.5. The summed E-state index contributed by atoms with van der Waals surface area (Å²) in [4.78, 5) is 14.8. The first-order chi connectivity index (χ1) is 20.1. The van der Waals surface area contributed by atoms with Crippen LogP contribution in [0, 0.1) is 0 Å². The average Bonchev–Trinajstić information content (AvgIpc) is 3.47. The Hall–Kier alpha value is -4.21. The first kappa shape index (κ1) is 27.0. The van der Waals surface area contributed by atoms with Gasteiger partial charge in [0.2, 0.25) is 0 Å². The van der Waals surface area contributed by atoms with E-state index in [2.05, 4.69) is 74.9 Å². The number of hydrogen-bond acceptors (Lipinski definition) is 8. The number of unbranched alkanes of at least 4 members (excludes halogenated alkanes) is 1. The molecule has 0 atom stereocenters. The molecule has 1 saturated heterocycles. The maximum Gasteiger partial charge on any atom is 0.162 e. The number of piperazine rings is 1. The molecule has 0 saturated carbocycles. The monoisotopic (exact) mass is 550 g/mol. The zero-order chi connectivity index (χ0) is 28.0. The number of ether oxygens (including phenoxy) is 1. The number of benzene rings is 3. The summed E-state index contributed by atoms with van der Waals surface area (Å²) in [6.07, 6.45) is 4.11. The molecule has 1 fully saturated rings. The first-order valence-corrected chi connectivity index (χ1v) is 14.5. The molecular weight excluding hydrogens is 512 g/mol. The molecule has 0 unspecified atom stereocenters. The Labute approximate surface area is 240 Å². The molecule has 1 aliphatic heterocycles. The number of nitrogens with one attached hydrogen (secondary N) is 3. The number of hydrogen-bond donors (Lipinski definition) is 3. The maximum atomic E-state index is 6.21. The predicted molar refractivity (Wildman–Crippen MR) is 167 cm³/mol. The van der Waals surface area contributed by atoms with Crippen molar-refractivity contribution in [1.29, 1.82) is 0 Å². The normalized spacial score (nSPS) is 14.5. The van der Waals surface area contributed by atoms with Crippen LogP contribution in [-0.2, 0) is 0 Å². The van der Waals surface area contributed by atoms with Crippen LogP contribution in [-0.4, -0.2) is 82.9 Å². The quantitative estimate of drug-likeness (QED) is 0.179. The number of likely N-dealkylation sites (N-methyl/N-ethyl adjacent to an activating group) is 1. The van der Waals surface area contributed by atoms with Crippen LogP contribution >= 0.6 is 0 Å². The summed E-state index contributed by atoms with van der Waals surface area (Å²) in [5.41, 5.74) is 4.82. The lowest BCUT2D eigenvalue weighted by Crippen LogP contribution is -2.45. The number of rotatable bonds is 11. The minimum Gasteiger partial charge on any atom is -0.492 e.